The summed E-state index contributed by atoms with van der Waals surface area (Å²) in [6.45, 7) is 1.99. The Morgan fingerprint density at radius 1 is 1.50 bits per heavy atom. The molecule has 0 bridgehead atoms. The molecule has 3 nitrogen and oxygen atoms in total. The number of amidine groups is 1. The minimum absolute atomic E-state index is 0.282. The van der Waals surface area contributed by atoms with Crippen molar-refractivity contribution in [1.29, 1.82) is 5.41 Å². The Balaban J connectivity index is 2.98. The van der Waals surface area contributed by atoms with Crippen LogP contribution in [0.25, 0.3) is 0 Å². The van der Waals surface area contributed by atoms with Crippen molar-refractivity contribution in [1.82, 2.24) is 0 Å². The van der Waals surface area contributed by atoms with Gasteiger partial charge in [-0.1, -0.05) is 6.42 Å². The zero-order valence-electron chi connectivity index (χ0n) is 6.56. The molecule has 0 rings (SSSR count). The molecule has 0 radical (unpaired) electrons. The molecule has 0 aromatic heterocycles. The van der Waals surface area contributed by atoms with Gasteiger partial charge in [0.05, 0.1) is 5.84 Å². The van der Waals surface area contributed by atoms with E-state index in [1.807, 2.05) is 6.92 Å². The SMILES string of the molecule is C[C@@H](N)CCCCC(=N)N. The van der Waals surface area contributed by atoms with Gasteiger partial charge in [-0.3, -0.25) is 5.41 Å². The minimum atomic E-state index is 0.282. The van der Waals surface area contributed by atoms with Gasteiger partial charge in [0.1, 0.15) is 0 Å². The first-order chi connectivity index (χ1) is 4.63. The van der Waals surface area contributed by atoms with Gasteiger partial charge in [-0.25, -0.2) is 0 Å². The molecule has 3 heteroatoms. The molecule has 5 N–H and O–H groups in total. The number of nitrogens with one attached hydrogen (secondary N) is 1. The minimum Gasteiger partial charge on any atom is -0.388 e. The fourth-order valence-corrected chi connectivity index (χ4v) is 0.782. The summed E-state index contributed by atoms with van der Waals surface area (Å²) in [6.07, 6.45) is 3.83. The maximum Gasteiger partial charge on any atom is 0.0905 e. The summed E-state index contributed by atoms with van der Waals surface area (Å²) >= 11 is 0. The number of unbranched alkanes of at least 4 members (excludes halogenated alkanes) is 1. The van der Waals surface area contributed by atoms with Crippen molar-refractivity contribution < 1.29 is 0 Å². The van der Waals surface area contributed by atoms with E-state index >= 15 is 0 Å². The van der Waals surface area contributed by atoms with Crippen LogP contribution in [0.3, 0.4) is 0 Å². The van der Waals surface area contributed by atoms with Gasteiger partial charge in [0.15, 0.2) is 0 Å². The molecule has 0 aliphatic carbocycles. The zero-order chi connectivity index (χ0) is 7.98. The molecule has 0 amide bonds. The standard InChI is InChI=1S/C7H17N3/c1-6(8)4-2-3-5-7(9)10/h6H,2-5,8H2,1H3,(H3,9,10)/t6-/m1/s1. The van der Waals surface area contributed by atoms with E-state index in [4.69, 9.17) is 16.9 Å². The Hall–Kier alpha value is -0.570. The lowest BCUT2D eigenvalue weighted by molar-refractivity contribution is 0.605. The summed E-state index contributed by atoms with van der Waals surface area (Å²) < 4.78 is 0. The largest absolute Gasteiger partial charge is 0.388 e. The van der Waals surface area contributed by atoms with Crippen molar-refractivity contribution >= 4 is 5.84 Å². The third kappa shape index (κ3) is 7.43. The highest BCUT2D eigenvalue weighted by atomic mass is 14.7. The number of nitrogens with two attached hydrogens (primary N) is 2. The van der Waals surface area contributed by atoms with Gasteiger partial charge < -0.3 is 11.5 Å². The quantitative estimate of drug-likeness (QED) is 0.303. The molecule has 0 fully saturated rings. The number of hydrogen-bond donors (Lipinski definition) is 3. The highest BCUT2D eigenvalue weighted by Crippen LogP contribution is 2.00. The van der Waals surface area contributed by atoms with E-state index in [1.165, 1.54) is 0 Å². The topological polar surface area (TPSA) is 75.9 Å². The summed E-state index contributed by atoms with van der Waals surface area (Å²) in [6, 6.07) is 0.284. The van der Waals surface area contributed by atoms with Crippen LogP contribution in [0.5, 0.6) is 0 Å². The second-order valence-corrected chi connectivity index (χ2v) is 2.75. The van der Waals surface area contributed by atoms with E-state index in [1.54, 1.807) is 0 Å². The highest BCUT2D eigenvalue weighted by Gasteiger charge is 1.94. The Kier molecular flexibility index (Phi) is 4.94. The van der Waals surface area contributed by atoms with E-state index in [0.717, 1.165) is 19.3 Å². The first-order valence-electron chi connectivity index (χ1n) is 3.71. The highest BCUT2D eigenvalue weighted by molar-refractivity contribution is 5.76. The van der Waals surface area contributed by atoms with Crippen molar-refractivity contribution in [2.45, 2.75) is 38.6 Å². The molecule has 0 heterocycles. The van der Waals surface area contributed by atoms with Gasteiger partial charge in [0.25, 0.3) is 0 Å². The molecule has 0 aliphatic heterocycles. The molecule has 10 heavy (non-hydrogen) atoms. The van der Waals surface area contributed by atoms with Crippen molar-refractivity contribution in [2.24, 2.45) is 11.5 Å². The first kappa shape index (κ1) is 9.43. The van der Waals surface area contributed by atoms with Crippen LogP contribution < -0.4 is 11.5 Å². The average Bonchev–Trinajstić information content (AvgIpc) is 1.79. The van der Waals surface area contributed by atoms with Crippen LogP contribution in [0.4, 0.5) is 0 Å². The molecule has 0 spiro atoms. The van der Waals surface area contributed by atoms with Crippen LogP contribution >= 0.6 is 0 Å². The summed E-state index contributed by atoms with van der Waals surface area (Å²) in [4.78, 5) is 0. The predicted molar refractivity (Wildman–Crippen MR) is 44.0 cm³/mol. The maximum atomic E-state index is 6.93. The van der Waals surface area contributed by atoms with E-state index in [9.17, 15) is 0 Å². The second kappa shape index (κ2) is 5.23. The van der Waals surface area contributed by atoms with Crippen LogP contribution in [0.1, 0.15) is 32.6 Å². The monoisotopic (exact) mass is 143 g/mol. The predicted octanol–water partition coefficient (Wildman–Crippen LogP) is 0.830. The summed E-state index contributed by atoms with van der Waals surface area (Å²) in [5, 5.41) is 6.93. The third-order valence-corrected chi connectivity index (χ3v) is 1.36. The van der Waals surface area contributed by atoms with E-state index < -0.39 is 0 Å². The van der Waals surface area contributed by atoms with Crippen LogP contribution in [-0.2, 0) is 0 Å². The second-order valence-electron chi connectivity index (χ2n) is 2.75. The molecule has 1 atom stereocenters. The summed E-state index contributed by atoms with van der Waals surface area (Å²) in [5.74, 6) is 0.282. The molecule has 0 unspecified atom stereocenters. The lowest BCUT2D eigenvalue weighted by atomic mass is 10.1. The maximum absolute atomic E-state index is 6.93. The molecule has 0 saturated carbocycles. The Bertz CT molecular complexity index is 99.0. The average molecular weight is 143 g/mol. The lowest BCUT2D eigenvalue weighted by Crippen LogP contribution is -2.15. The molecular formula is C7H17N3. The molecule has 0 aromatic carbocycles. The van der Waals surface area contributed by atoms with Crippen molar-refractivity contribution in [3.63, 3.8) is 0 Å². The third-order valence-electron chi connectivity index (χ3n) is 1.36. The van der Waals surface area contributed by atoms with Crippen LogP contribution in [0.2, 0.25) is 0 Å². The molecule has 0 aromatic rings. The smallest absolute Gasteiger partial charge is 0.0905 e. The van der Waals surface area contributed by atoms with Crippen LogP contribution in [0, 0.1) is 5.41 Å². The van der Waals surface area contributed by atoms with Crippen molar-refractivity contribution in [2.75, 3.05) is 0 Å². The van der Waals surface area contributed by atoms with Crippen LogP contribution in [-0.4, -0.2) is 11.9 Å². The van der Waals surface area contributed by atoms with Gasteiger partial charge in [-0.2, -0.15) is 0 Å². The number of rotatable bonds is 5. The van der Waals surface area contributed by atoms with Gasteiger partial charge in [-0.15, -0.1) is 0 Å². The molecule has 60 valence electrons. The van der Waals surface area contributed by atoms with Gasteiger partial charge >= 0.3 is 0 Å². The van der Waals surface area contributed by atoms with E-state index in [0.29, 0.717) is 6.42 Å². The normalized spacial score (nSPS) is 13.0. The van der Waals surface area contributed by atoms with Crippen LogP contribution in [0.15, 0.2) is 0 Å². The van der Waals surface area contributed by atoms with Gasteiger partial charge in [0.2, 0.25) is 0 Å². The van der Waals surface area contributed by atoms with Crippen molar-refractivity contribution in [3.05, 3.63) is 0 Å². The molecular weight excluding hydrogens is 126 g/mol. The summed E-state index contributed by atoms with van der Waals surface area (Å²) in [7, 11) is 0. The molecule has 0 aliphatic rings. The Labute approximate surface area is 62.3 Å². The zero-order valence-corrected chi connectivity index (χ0v) is 6.56. The van der Waals surface area contributed by atoms with Gasteiger partial charge in [-0.05, 0) is 19.8 Å². The fourth-order valence-electron chi connectivity index (χ4n) is 0.782. The fraction of sp³-hybridized carbons (Fsp3) is 0.857. The van der Waals surface area contributed by atoms with Crippen molar-refractivity contribution in [3.8, 4) is 0 Å². The van der Waals surface area contributed by atoms with E-state index in [-0.39, 0.29) is 11.9 Å². The Morgan fingerprint density at radius 2 is 2.10 bits per heavy atom. The first-order valence-corrected chi connectivity index (χ1v) is 3.71. The van der Waals surface area contributed by atoms with E-state index in [2.05, 4.69) is 0 Å². The lowest BCUT2D eigenvalue weighted by Gasteiger charge is -2.02. The van der Waals surface area contributed by atoms with Gasteiger partial charge in [0, 0.05) is 12.5 Å². The molecule has 0 saturated heterocycles. The Morgan fingerprint density at radius 3 is 2.50 bits per heavy atom. The number of hydrogen-bond acceptors (Lipinski definition) is 2. The summed E-state index contributed by atoms with van der Waals surface area (Å²) in [5.41, 5.74) is 10.7.